The summed E-state index contributed by atoms with van der Waals surface area (Å²) in [6.45, 7) is 10.5. The third-order valence-corrected chi connectivity index (χ3v) is 6.71. The number of nitrogens with one attached hydrogen (secondary N) is 2. The van der Waals surface area contributed by atoms with Crippen LogP contribution in [0.4, 0.5) is 0 Å². The summed E-state index contributed by atoms with van der Waals surface area (Å²) < 4.78 is 11.2. The standard InChI is InChI=1S/C25H42N4O2/c1-4-26-24(29(3)15-10-22-11-16-30-17-12-22)27-20-25(13-18-31-19-14-25)28-21(2)23-8-6-5-7-9-23/h5-9,21-22,28H,4,10-20H2,1-3H3,(H,26,27). The molecule has 2 aliphatic heterocycles. The normalized spacial score (nSPS) is 20.9. The Morgan fingerprint density at radius 3 is 2.48 bits per heavy atom. The smallest absolute Gasteiger partial charge is 0.193 e. The number of hydrogen-bond acceptors (Lipinski definition) is 4. The van der Waals surface area contributed by atoms with E-state index in [0.717, 1.165) is 70.8 Å². The largest absolute Gasteiger partial charge is 0.381 e. The van der Waals surface area contributed by atoms with Crippen LogP contribution in [0.2, 0.25) is 0 Å². The van der Waals surface area contributed by atoms with Crippen molar-refractivity contribution in [3.63, 3.8) is 0 Å². The number of nitrogens with zero attached hydrogens (tertiary/aromatic N) is 2. The number of rotatable bonds is 9. The van der Waals surface area contributed by atoms with Gasteiger partial charge in [0.05, 0.1) is 6.54 Å². The van der Waals surface area contributed by atoms with E-state index in [1.807, 2.05) is 0 Å². The molecule has 3 rings (SSSR count). The quantitative estimate of drug-likeness (QED) is 0.463. The van der Waals surface area contributed by atoms with Crippen molar-refractivity contribution in [2.45, 2.75) is 57.5 Å². The average Bonchev–Trinajstić information content (AvgIpc) is 2.82. The summed E-state index contributed by atoms with van der Waals surface area (Å²) in [5, 5.41) is 7.43. The van der Waals surface area contributed by atoms with Crippen LogP contribution in [-0.2, 0) is 9.47 Å². The lowest BCUT2D eigenvalue weighted by atomic mass is 9.88. The van der Waals surface area contributed by atoms with Gasteiger partial charge in [0.2, 0.25) is 0 Å². The molecule has 1 aromatic rings. The fourth-order valence-corrected chi connectivity index (χ4v) is 4.61. The molecule has 2 heterocycles. The summed E-state index contributed by atoms with van der Waals surface area (Å²) in [5.41, 5.74) is 1.29. The number of benzene rings is 1. The maximum atomic E-state index is 5.69. The van der Waals surface area contributed by atoms with Crippen LogP contribution in [0.25, 0.3) is 0 Å². The molecular formula is C25H42N4O2. The molecule has 2 N–H and O–H groups in total. The van der Waals surface area contributed by atoms with Crippen molar-refractivity contribution >= 4 is 5.96 Å². The molecule has 31 heavy (non-hydrogen) atoms. The highest BCUT2D eigenvalue weighted by molar-refractivity contribution is 5.79. The topological polar surface area (TPSA) is 58.1 Å². The summed E-state index contributed by atoms with van der Waals surface area (Å²) in [6.07, 6.45) is 5.54. The molecular weight excluding hydrogens is 388 g/mol. The Labute approximate surface area is 188 Å². The zero-order chi connectivity index (χ0) is 21.9. The summed E-state index contributed by atoms with van der Waals surface area (Å²) in [7, 11) is 2.16. The molecule has 0 amide bonds. The van der Waals surface area contributed by atoms with Crippen LogP contribution in [0.15, 0.2) is 35.3 Å². The molecule has 0 aliphatic carbocycles. The maximum absolute atomic E-state index is 5.69. The minimum Gasteiger partial charge on any atom is -0.381 e. The Bertz CT molecular complexity index is 655. The monoisotopic (exact) mass is 430 g/mol. The zero-order valence-corrected chi connectivity index (χ0v) is 19.7. The lowest BCUT2D eigenvalue weighted by Gasteiger charge is -2.40. The zero-order valence-electron chi connectivity index (χ0n) is 19.7. The van der Waals surface area contributed by atoms with Crippen molar-refractivity contribution in [1.29, 1.82) is 0 Å². The van der Waals surface area contributed by atoms with E-state index in [2.05, 4.69) is 66.8 Å². The van der Waals surface area contributed by atoms with Crippen molar-refractivity contribution in [1.82, 2.24) is 15.5 Å². The highest BCUT2D eigenvalue weighted by Gasteiger charge is 2.34. The van der Waals surface area contributed by atoms with Gasteiger partial charge in [-0.3, -0.25) is 4.99 Å². The summed E-state index contributed by atoms with van der Waals surface area (Å²) in [5.74, 6) is 1.78. The molecule has 0 spiro atoms. The minimum atomic E-state index is -0.0320. The molecule has 0 bridgehead atoms. The van der Waals surface area contributed by atoms with E-state index in [1.165, 1.54) is 24.8 Å². The van der Waals surface area contributed by atoms with Crippen molar-refractivity contribution in [2.75, 3.05) is 53.1 Å². The van der Waals surface area contributed by atoms with Gasteiger partial charge in [0.25, 0.3) is 0 Å². The third kappa shape index (κ3) is 7.48. The van der Waals surface area contributed by atoms with Gasteiger partial charge in [-0.25, -0.2) is 0 Å². The van der Waals surface area contributed by atoms with E-state index < -0.39 is 0 Å². The van der Waals surface area contributed by atoms with Crippen LogP contribution in [0, 0.1) is 5.92 Å². The first kappa shape index (κ1) is 24.0. The summed E-state index contributed by atoms with van der Waals surface area (Å²) in [6, 6.07) is 11.0. The van der Waals surface area contributed by atoms with Gasteiger partial charge in [0.1, 0.15) is 0 Å². The molecule has 0 saturated carbocycles. The summed E-state index contributed by atoms with van der Waals surface area (Å²) >= 11 is 0. The first-order chi connectivity index (χ1) is 15.1. The van der Waals surface area contributed by atoms with Crippen LogP contribution in [0.1, 0.15) is 57.6 Å². The lowest BCUT2D eigenvalue weighted by molar-refractivity contribution is 0.0373. The van der Waals surface area contributed by atoms with Gasteiger partial charge in [-0.05, 0) is 57.4 Å². The number of hydrogen-bond donors (Lipinski definition) is 2. The molecule has 1 aromatic carbocycles. The molecule has 1 unspecified atom stereocenters. The van der Waals surface area contributed by atoms with Crippen molar-refractivity contribution in [2.24, 2.45) is 10.9 Å². The number of guanidine groups is 1. The molecule has 0 radical (unpaired) electrons. The van der Waals surface area contributed by atoms with Gasteiger partial charge in [-0.2, -0.15) is 0 Å². The Balaban J connectivity index is 1.64. The molecule has 0 aromatic heterocycles. The van der Waals surface area contributed by atoms with Crippen LogP contribution in [0.3, 0.4) is 0 Å². The molecule has 6 heteroatoms. The van der Waals surface area contributed by atoms with E-state index in [-0.39, 0.29) is 11.6 Å². The Morgan fingerprint density at radius 1 is 1.13 bits per heavy atom. The molecule has 2 aliphatic rings. The fraction of sp³-hybridized carbons (Fsp3) is 0.720. The third-order valence-electron chi connectivity index (χ3n) is 6.71. The van der Waals surface area contributed by atoms with Gasteiger partial charge in [-0.1, -0.05) is 30.3 Å². The predicted molar refractivity (Wildman–Crippen MR) is 128 cm³/mol. The highest BCUT2D eigenvalue weighted by Crippen LogP contribution is 2.26. The molecule has 174 valence electrons. The van der Waals surface area contributed by atoms with Crippen LogP contribution in [-0.4, -0.2) is 69.5 Å². The Kier molecular flexibility index (Phi) is 9.62. The van der Waals surface area contributed by atoms with E-state index in [0.29, 0.717) is 0 Å². The van der Waals surface area contributed by atoms with Gasteiger partial charge >= 0.3 is 0 Å². The lowest BCUT2D eigenvalue weighted by Crippen LogP contribution is -2.53. The molecule has 2 fully saturated rings. The second kappa shape index (κ2) is 12.4. The highest BCUT2D eigenvalue weighted by atomic mass is 16.5. The Hall–Kier alpha value is -1.63. The molecule has 6 nitrogen and oxygen atoms in total. The molecule has 2 saturated heterocycles. The number of ether oxygens (including phenoxy) is 2. The average molecular weight is 431 g/mol. The van der Waals surface area contributed by atoms with E-state index >= 15 is 0 Å². The van der Waals surface area contributed by atoms with E-state index in [1.54, 1.807) is 0 Å². The van der Waals surface area contributed by atoms with Crippen LogP contribution in [0.5, 0.6) is 0 Å². The second-order valence-electron chi connectivity index (χ2n) is 9.11. The Morgan fingerprint density at radius 2 is 1.81 bits per heavy atom. The van der Waals surface area contributed by atoms with Gasteiger partial charge in [0.15, 0.2) is 5.96 Å². The van der Waals surface area contributed by atoms with E-state index in [4.69, 9.17) is 14.5 Å². The van der Waals surface area contributed by atoms with Crippen molar-refractivity contribution in [3.8, 4) is 0 Å². The first-order valence-corrected chi connectivity index (χ1v) is 12.1. The predicted octanol–water partition coefficient (Wildman–Crippen LogP) is 3.60. The van der Waals surface area contributed by atoms with E-state index in [9.17, 15) is 0 Å². The minimum absolute atomic E-state index is 0.0320. The van der Waals surface area contributed by atoms with Gasteiger partial charge in [-0.15, -0.1) is 0 Å². The van der Waals surface area contributed by atoms with Crippen LogP contribution >= 0.6 is 0 Å². The van der Waals surface area contributed by atoms with Gasteiger partial charge in [0, 0.05) is 58.1 Å². The van der Waals surface area contributed by atoms with Gasteiger partial charge < -0.3 is 25.0 Å². The fourth-order valence-electron chi connectivity index (χ4n) is 4.61. The maximum Gasteiger partial charge on any atom is 0.193 e. The van der Waals surface area contributed by atoms with Crippen molar-refractivity contribution < 1.29 is 9.47 Å². The first-order valence-electron chi connectivity index (χ1n) is 12.1. The SMILES string of the molecule is CCNC(=NCC1(NC(C)c2ccccc2)CCOCC1)N(C)CCC1CCOCC1. The number of aliphatic imine (C=N–C) groups is 1. The van der Waals surface area contributed by atoms with Crippen molar-refractivity contribution in [3.05, 3.63) is 35.9 Å². The second-order valence-corrected chi connectivity index (χ2v) is 9.11. The molecule has 1 atom stereocenters. The summed E-state index contributed by atoms with van der Waals surface area (Å²) in [4.78, 5) is 7.41. The van der Waals surface area contributed by atoms with Crippen LogP contribution < -0.4 is 10.6 Å².